The van der Waals surface area contributed by atoms with Gasteiger partial charge in [0.1, 0.15) is 6.07 Å². The molecule has 0 aromatic carbocycles. The van der Waals surface area contributed by atoms with Crippen molar-refractivity contribution >= 4 is 5.97 Å². The van der Waals surface area contributed by atoms with Gasteiger partial charge < -0.3 is 9.84 Å². The molecule has 0 saturated carbocycles. The predicted octanol–water partition coefficient (Wildman–Crippen LogP) is 1.68. The van der Waals surface area contributed by atoms with E-state index in [0.717, 1.165) is 0 Å². The van der Waals surface area contributed by atoms with Crippen LogP contribution < -0.4 is 0 Å². The molecule has 0 heterocycles. The topological polar surface area (TPSA) is 70.3 Å². The molecule has 0 aliphatic carbocycles. The summed E-state index contributed by atoms with van der Waals surface area (Å²) in [6, 6.07) is 1.74. The summed E-state index contributed by atoms with van der Waals surface area (Å²) in [5, 5.41) is 17.3. The number of carbonyl (C=O) groups is 1. The number of rotatable bonds is 4. The van der Waals surface area contributed by atoms with Crippen molar-refractivity contribution in [3.05, 3.63) is 11.3 Å². The summed E-state index contributed by atoms with van der Waals surface area (Å²) in [4.78, 5) is 10.6. The normalized spacial score (nSPS) is 11.9. The lowest BCUT2D eigenvalue weighted by atomic mass is 10.2. The molecule has 0 rings (SSSR count). The molecule has 4 heteroatoms. The first-order chi connectivity index (χ1) is 6.02. The fourth-order valence-corrected chi connectivity index (χ4v) is 0.810. The zero-order valence-corrected chi connectivity index (χ0v) is 8.00. The number of nitriles is 1. The summed E-state index contributed by atoms with van der Waals surface area (Å²) in [5.74, 6) is -1.19. The van der Waals surface area contributed by atoms with Crippen LogP contribution in [0.15, 0.2) is 11.3 Å². The standard InChI is InChI=1S/C9H13NO3/c1-4-7(9(11)12)8(5-10)13-6(2)3/h6H,4H2,1-3H3,(H,11,12). The van der Waals surface area contributed by atoms with E-state index in [2.05, 4.69) is 0 Å². The lowest BCUT2D eigenvalue weighted by molar-refractivity contribution is -0.133. The van der Waals surface area contributed by atoms with E-state index in [0.29, 0.717) is 0 Å². The molecule has 0 aromatic heterocycles. The second-order valence-electron chi connectivity index (χ2n) is 2.74. The minimum Gasteiger partial charge on any atom is -0.481 e. The smallest absolute Gasteiger partial charge is 0.336 e. The third-order valence-corrected chi connectivity index (χ3v) is 1.34. The highest BCUT2D eigenvalue weighted by Gasteiger charge is 2.14. The zero-order valence-electron chi connectivity index (χ0n) is 8.00. The van der Waals surface area contributed by atoms with E-state index >= 15 is 0 Å². The van der Waals surface area contributed by atoms with Crippen LogP contribution >= 0.6 is 0 Å². The highest BCUT2D eigenvalue weighted by molar-refractivity contribution is 5.87. The van der Waals surface area contributed by atoms with Gasteiger partial charge in [0.05, 0.1) is 11.7 Å². The molecule has 0 aliphatic heterocycles. The first-order valence-electron chi connectivity index (χ1n) is 4.06. The SMILES string of the molecule is CCC(C(=O)O)=C(C#N)OC(C)C. The lowest BCUT2D eigenvalue weighted by Gasteiger charge is -2.09. The third kappa shape index (κ3) is 3.61. The number of ether oxygens (including phenoxy) is 1. The molecule has 0 bridgehead atoms. The van der Waals surface area contributed by atoms with Gasteiger partial charge in [-0.2, -0.15) is 5.26 Å². The Balaban J connectivity index is 4.86. The second kappa shape index (κ2) is 5.20. The molecule has 13 heavy (non-hydrogen) atoms. The largest absolute Gasteiger partial charge is 0.481 e. The van der Waals surface area contributed by atoms with Crippen LogP contribution in [-0.4, -0.2) is 17.2 Å². The van der Waals surface area contributed by atoms with Crippen molar-refractivity contribution in [3.63, 3.8) is 0 Å². The van der Waals surface area contributed by atoms with Crippen LogP contribution in [0.5, 0.6) is 0 Å². The van der Waals surface area contributed by atoms with Gasteiger partial charge in [0.2, 0.25) is 5.76 Å². The molecule has 0 aromatic rings. The summed E-state index contributed by atoms with van der Waals surface area (Å²) in [5.41, 5.74) is 0.0243. The highest BCUT2D eigenvalue weighted by atomic mass is 16.5. The zero-order chi connectivity index (χ0) is 10.4. The molecule has 0 saturated heterocycles. The maximum atomic E-state index is 10.6. The maximum Gasteiger partial charge on any atom is 0.336 e. The average molecular weight is 183 g/mol. The van der Waals surface area contributed by atoms with Crippen molar-refractivity contribution in [1.82, 2.24) is 0 Å². The fourth-order valence-electron chi connectivity index (χ4n) is 0.810. The van der Waals surface area contributed by atoms with E-state index in [-0.39, 0.29) is 23.9 Å². The van der Waals surface area contributed by atoms with Crippen molar-refractivity contribution in [1.29, 1.82) is 5.26 Å². The second-order valence-corrected chi connectivity index (χ2v) is 2.74. The predicted molar refractivity (Wildman–Crippen MR) is 46.8 cm³/mol. The number of nitrogens with zero attached hydrogens (tertiary/aromatic N) is 1. The number of aliphatic carboxylic acids is 1. The van der Waals surface area contributed by atoms with Crippen LogP contribution in [0.1, 0.15) is 27.2 Å². The summed E-state index contributed by atoms with van der Waals surface area (Å²) < 4.78 is 5.05. The molecule has 4 nitrogen and oxygen atoms in total. The average Bonchev–Trinajstić information content (AvgIpc) is 2.02. The van der Waals surface area contributed by atoms with Crippen LogP contribution in [0.2, 0.25) is 0 Å². The van der Waals surface area contributed by atoms with Gasteiger partial charge >= 0.3 is 5.97 Å². The van der Waals surface area contributed by atoms with Crippen LogP contribution in [0.3, 0.4) is 0 Å². The molecular formula is C9H13NO3. The molecule has 0 aliphatic rings. The Kier molecular flexibility index (Phi) is 4.60. The van der Waals surface area contributed by atoms with Gasteiger partial charge in [0, 0.05) is 0 Å². The van der Waals surface area contributed by atoms with Crippen LogP contribution in [-0.2, 0) is 9.53 Å². The van der Waals surface area contributed by atoms with Gasteiger partial charge in [0.15, 0.2) is 0 Å². The molecule has 72 valence electrons. The van der Waals surface area contributed by atoms with E-state index in [4.69, 9.17) is 15.1 Å². The molecule has 0 fully saturated rings. The quantitative estimate of drug-likeness (QED) is 0.409. The van der Waals surface area contributed by atoms with Crippen LogP contribution in [0.4, 0.5) is 0 Å². The Labute approximate surface area is 77.4 Å². The highest BCUT2D eigenvalue weighted by Crippen LogP contribution is 2.11. The lowest BCUT2D eigenvalue weighted by Crippen LogP contribution is -2.09. The molecule has 0 atom stereocenters. The number of allylic oxidation sites excluding steroid dienone is 1. The molecule has 1 N–H and O–H groups in total. The van der Waals surface area contributed by atoms with E-state index in [9.17, 15) is 4.79 Å². The Morgan fingerprint density at radius 2 is 2.15 bits per heavy atom. The summed E-state index contributed by atoms with van der Waals surface area (Å²) in [6.45, 7) is 5.16. The van der Waals surface area contributed by atoms with Gasteiger partial charge in [0.25, 0.3) is 0 Å². The summed E-state index contributed by atoms with van der Waals surface area (Å²) >= 11 is 0. The maximum absolute atomic E-state index is 10.6. The van der Waals surface area contributed by atoms with Gasteiger partial charge in [-0.1, -0.05) is 6.92 Å². The van der Waals surface area contributed by atoms with Crippen molar-refractivity contribution in [2.75, 3.05) is 0 Å². The summed E-state index contributed by atoms with van der Waals surface area (Å²) in [6.07, 6.45) is 0.0980. The number of hydrogen-bond acceptors (Lipinski definition) is 3. The minimum absolute atomic E-state index is 0.0243. The van der Waals surface area contributed by atoms with Gasteiger partial charge in [-0.3, -0.25) is 0 Å². The van der Waals surface area contributed by atoms with Crippen LogP contribution in [0.25, 0.3) is 0 Å². The Morgan fingerprint density at radius 1 is 1.62 bits per heavy atom. The molecule has 0 unspecified atom stereocenters. The van der Waals surface area contributed by atoms with Gasteiger partial charge in [-0.05, 0) is 20.3 Å². The minimum atomic E-state index is -1.10. The Hall–Kier alpha value is -1.50. The molecule has 0 radical (unpaired) electrons. The van der Waals surface area contributed by atoms with Gasteiger partial charge in [-0.15, -0.1) is 0 Å². The van der Waals surface area contributed by atoms with E-state index < -0.39 is 5.97 Å². The Bertz CT molecular complexity index is 261. The van der Waals surface area contributed by atoms with E-state index in [1.54, 1.807) is 26.8 Å². The fraction of sp³-hybridized carbons (Fsp3) is 0.556. The molecular weight excluding hydrogens is 170 g/mol. The summed E-state index contributed by atoms with van der Waals surface area (Å²) in [7, 11) is 0. The number of carboxylic acid groups (broad SMARTS) is 1. The first kappa shape index (κ1) is 11.5. The van der Waals surface area contributed by atoms with Crippen molar-refractivity contribution in [2.24, 2.45) is 0 Å². The first-order valence-corrected chi connectivity index (χ1v) is 4.06. The van der Waals surface area contributed by atoms with Gasteiger partial charge in [-0.25, -0.2) is 4.79 Å². The third-order valence-electron chi connectivity index (χ3n) is 1.34. The van der Waals surface area contributed by atoms with Crippen molar-refractivity contribution in [2.45, 2.75) is 33.3 Å². The molecule has 0 amide bonds. The van der Waals surface area contributed by atoms with E-state index in [1.807, 2.05) is 0 Å². The van der Waals surface area contributed by atoms with Crippen molar-refractivity contribution in [3.8, 4) is 6.07 Å². The monoisotopic (exact) mass is 183 g/mol. The number of hydrogen-bond donors (Lipinski definition) is 1. The van der Waals surface area contributed by atoms with E-state index in [1.165, 1.54) is 0 Å². The van der Waals surface area contributed by atoms with Crippen molar-refractivity contribution < 1.29 is 14.6 Å². The van der Waals surface area contributed by atoms with Crippen LogP contribution in [0, 0.1) is 11.3 Å². The molecule has 0 spiro atoms. The number of carboxylic acids is 1. The Morgan fingerprint density at radius 3 is 2.38 bits per heavy atom.